The Kier molecular flexibility index (Phi) is 12.2. The number of nitrogens with zero attached hydrogens (tertiary/aromatic N) is 2. The second-order valence-electron chi connectivity index (χ2n) is 5.66. The lowest BCUT2D eigenvalue weighted by atomic mass is 10.1. The Bertz CT molecular complexity index is 358. The van der Waals surface area contributed by atoms with Gasteiger partial charge in [-0.25, -0.2) is 4.99 Å². The van der Waals surface area contributed by atoms with Crippen molar-refractivity contribution in [3.05, 3.63) is 12.7 Å². The molecule has 0 rings (SSSR count). The maximum Gasteiger partial charge on any atom is 0.162 e. The summed E-state index contributed by atoms with van der Waals surface area (Å²) < 4.78 is 0. The second-order valence-corrected chi connectivity index (χ2v) is 6.65. The lowest BCUT2D eigenvalue weighted by Gasteiger charge is -2.24. The van der Waals surface area contributed by atoms with Gasteiger partial charge in [0, 0.05) is 24.7 Å². The van der Waals surface area contributed by atoms with Gasteiger partial charge >= 0.3 is 0 Å². The number of nitrogens with two attached hydrogens (primary N) is 1. The number of hydrogen-bond donors (Lipinski definition) is 3. The molecule has 0 aromatic heterocycles. The van der Waals surface area contributed by atoms with Crippen LogP contribution in [0.4, 0.5) is 0 Å². The molecule has 0 saturated heterocycles. The van der Waals surface area contributed by atoms with Crippen molar-refractivity contribution in [2.75, 3.05) is 12.0 Å². The molecule has 0 aliphatic carbocycles. The fraction of sp³-hybridized carbons (Fsp3) is 0.750. The number of aliphatic imine (C=N–C) groups is 2. The standard InChI is InChI=1S/C16H32N4OS/c1-6-10-18-13(4)7-8-15(17)20-16(21)14(9-11-22-5)19-12(2)3/h6,10,12-14,16,19,21H,1,7-9,11H2,2-5H3,(H2,17,20). The summed E-state index contributed by atoms with van der Waals surface area (Å²) in [4.78, 5) is 8.52. The summed E-state index contributed by atoms with van der Waals surface area (Å²) in [7, 11) is 0. The number of aliphatic hydroxyl groups excluding tert-OH is 1. The minimum atomic E-state index is -0.804. The third-order valence-electron chi connectivity index (χ3n) is 3.10. The van der Waals surface area contributed by atoms with Crippen molar-refractivity contribution >= 4 is 23.8 Å². The van der Waals surface area contributed by atoms with Crippen LogP contribution in [0.2, 0.25) is 0 Å². The quantitative estimate of drug-likeness (QED) is 0.379. The van der Waals surface area contributed by atoms with Crippen LogP contribution in [0, 0.1) is 0 Å². The highest BCUT2D eigenvalue weighted by atomic mass is 32.2. The summed E-state index contributed by atoms with van der Waals surface area (Å²) in [5, 5.41) is 13.6. The highest BCUT2D eigenvalue weighted by Crippen LogP contribution is 2.08. The predicted molar refractivity (Wildman–Crippen MR) is 100 cm³/mol. The van der Waals surface area contributed by atoms with Crippen LogP contribution >= 0.6 is 11.8 Å². The zero-order valence-corrected chi connectivity index (χ0v) is 15.1. The molecule has 0 radical (unpaired) electrons. The van der Waals surface area contributed by atoms with Gasteiger partial charge in [0.2, 0.25) is 0 Å². The van der Waals surface area contributed by atoms with Gasteiger partial charge in [0.25, 0.3) is 0 Å². The number of aliphatic hydroxyl groups is 1. The third kappa shape index (κ3) is 10.8. The van der Waals surface area contributed by atoms with Gasteiger partial charge in [-0.2, -0.15) is 11.8 Å². The average Bonchev–Trinajstić information content (AvgIpc) is 2.46. The molecule has 0 saturated carbocycles. The molecule has 0 amide bonds. The molecular formula is C16H32N4OS. The van der Waals surface area contributed by atoms with Crippen LogP contribution in [0.3, 0.4) is 0 Å². The maximum absolute atomic E-state index is 10.3. The van der Waals surface area contributed by atoms with Crippen LogP contribution in [0.5, 0.6) is 0 Å². The fourth-order valence-corrected chi connectivity index (χ4v) is 2.44. The normalized spacial score (nSPS) is 16.9. The van der Waals surface area contributed by atoms with Crippen LogP contribution in [0.1, 0.15) is 40.0 Å². The molecule has 5 nitrogen and oxygen atoms in total. The van der Waals surface area contributed by atoms with Gasteiger partial charge in [0.05, 0.1) is 11.9 Å². The zero-order valence-electron chi connectivity index (χ0n) is 14.3. The largest absolute Gasteiger partial charge is 0.387 e. The van der Waals surface area contributed by atoms with Crippen molar-refractivity contribution in [1.82, 2.24) is 5.32 Å². The van der Waals surface area contributed by atoms with Crippen molar-refractivity contribution in [2.45, 2.75) is 64.4 Å². The Morgan fingerprint density at radius 1 is 1.36 bits per heavy atom. The first-order valence-corrected chi connectivity index (χ1v) is 9.19. The molecule has 0 aromatic carbocycles. The number of allylic oxidation sites excluding steroid dienone is 1. The van der Waals surface area contributed by atoms with E-state index in [-0.39, 0.29) is 12.1 Å². The lowest BCUT2D eigenvalue weighted by molar-refractivity contribution is 0.129. The summed E-state index contributed by atoms with van der Waals surface area (Å²) in [6, 6.07) is 0.401. The van der Waals surface area contributed by atoms with Crippen LogP contribution in [-0.2, 0) is 0 Å². The van der Waals surface area contributed by atoms with E-state index < -0.39 is 6.23 Å². The number of amidine groups is 1. The molecular weight excluding hydrogens is 296 g/mol. The van der Waals surface area contributed by atoms with E-state index >= 15 is 0 Å². The Morgan fingerprint density at radius 3 is 2.59 bits per heavy atom. The van der Waals surface area contributed by atoms with Gasteiger partial charge in [0.15, 0.2) is 6.23 Å². The van der Waals surface area contributed by atoms with E-state index in [0.29, 0.717) is 18.3 Å². The molecule has 3 unspecified atom stereocenters. The van der Waals surface area contributed by atoms with Gasteiger partial charge in [-0.05, 0) is 31.8 Å². The van der Waals surface area contributed by atoms with Gasteiger partial charge in [-0.15, -0.1) is 0 Å². The molecule has 0 aliphatic rings. The molecule has 0 bridgehead atoms. The zero-order chi connectivity index (χ0) is 17.0. The van der Waals surface area contributed by atoms with E-state index in [1.54, 1.807) is 24.1 Å². The Labute approximate surface area is 139 Å². The van der Waals surface area contributed by atoms with Gasteiger partial charge in [-0.1, -0.05) is 26.5 Å². The number of rotatable bonds is 12. The average molecular weight is 329 g/mol. The summed E-state index contributed by atoms with van der Waals surface area (Å²) in [5.74, 6) is 1.46. The van der Waals surface area contributed by atoms with E-state index in [1.165, 1.54) is 0 Å². The van der Waals surface area contributed by atoms with Crippen molar-refractivity contribution in [1.29, 1.82) is 0 Å². The molecule has 0 heterocycles. The second kappa shape index (κ2) is 12.7. The SMILES string of the molecule is C=CC=NC(C)CCC(N)=NC(O)C(CCSC)NC(C)C. The smallest absolute Gasteiger partial charge is 0.162 e. The highest BCUT2D eigenvalue weighted by molar-refractivity contribution is 7.98. The van der Waals surface area contributed by atoms with E-state index in [2.05, 4.69) is 42.0 Å². The molecule has 6 heteroatoms. The van der Waals surface area contributed by atoms with Crippen LogP contribution in [-0.4, -0.2) is 53.5 Å². The molecule has 4 N–H and O–H groups in total. The third-order valence-corrected chi connectivity index (χ3v) is 3.75. The van der Waals surface area contributed by atoms with Crippen molar-refractivity contribution < 1.29 is 5.11 Å². The van der Waals surface area contributed by atoms with Gasteiger partial charge in [0.1, 0.15) is 0 Å². The first-order chi connectivity index (χ1) is 10.4. The topological polar surface area (TPSA) is 83.0 Å². The summed E-state index contributed by atoms with van der Waals surface area (Å²) in [6.07, 6.45) is 6.90. The van der Waals surface area contributed by atoms with Gasteiger partial charge < -0.3 is 16.2 Å². The first kappa shape index (κ1) is 21.1. The van der Waals surface area contributed by atoms with Crippen molar-refractivity contribution in [3.63, 3.8) is 0 Å². The van der Waals surface area contributed by atoms with Crippen molar-refractivity contribution in [3.8, 4) is 0 Å². The van der Waals surface area contributed by atoms with Crippen molar-refractivity contribution in [2.24, 2.45) is 15.7 Å². The summed E-state index contributed by atoms with van der Waals surface area (Å²) >= 11 is 1.76. The summed E-state index contributed by atoms with van der Waals surface area (Å²) in [6.45, 7) is 9.74. The minimum Gasteiger partial charge on any atom is -0.387 e. The predicted octanol–water partition coefficient (Wildman–Crippen LogP) is 2.21. The number of thioether (sulfide) groups is 1. The van der Waals surface area contributed by atoms with Crippen LogP contribution in [0.25, 0.3) is 0 Å². The van der Waals surface area contributed by atoms with Crippen LogP contribution < -0.4 is 11.1 Å². The molecule has 0 aromatic rings. The van der Waals surface area contributed by atoms with Crippen LogP contribution in [0.15, 0.2) is 22.6 Å². The number of hydrogen-bond acceptors (Lipinski definition) is 5. The van der Waals surface area contributed by atoms with E-state index in [0.717, 1.165) is 18.6 Å². The highest BCUT2D eigenvalue weighted by Gasteiger charge is 2.19. The molecule has 0 aliphatic heterocycles. The minimum absolute atomic E-state index is 0.0674. The summed E-state index contributed by atoms with van der Waals surface area (Å²) in [5.41, 5.74) is 5.93. The fourth-order valence-electron chi connectivity index (χ4n) is 1.95. The monoisotopic (exact) mass is 328 g/mol. The molecule has 0 fully saturated rings. The Balaban J connectivity index is 4.48. The Hall–Kier alpha value is -0.850. The Morgan fingerprint density at radius 2 is 2.05 bits per heavy atom. The lowest BCUT2D eigenvalue weighted by Crippen LogP contribution is -2.43. The van der Waals surface area contributed by atoms with E-state index in [4.69, 9.17) is 5.73 Å². The molecule has 22 heavy (non-hydrogen) atoms. The first-order valence-electron chi connectivity index (χ1n) is 7.80. The maximum atomic E-state index is 10.3. The molecule has 128 valence electrons. The van der Waals surface area contributed by atoms with E-state index in [1.807, 2.05) is 6.92 Å². The molecule has 3 atom stereocenters. The van der Waals surface area contributed by atoms with E-state index in [9.17, 15) is 5.11 Å². The van der Waals surface area contributed by atoms with Gasteiger partial charge in [-0.3, -0.25) is 4.99 Å². The number of nitrogens with one attached hydrogen (secondary N) is 1. The molecule has 0 spiro atoms.